The minimum Gasteiger partial charge on any atom is -0.462 e. The van der Waals surface area contributed by atoms with Crippen molar-refractivity contribution >= 4 is 19.8 Å². The number of phosphoric acid groups is 1. The van der Waals surface area contributed by atoms with E-state index in [0.29, 0.717) is 19.3 Å². The molecule has 58 heavy (non-hydrogen) atoms. The molecule has 11 heteroatoms. The topological polar surface area (TPSA) is 155 Å². The highest BCUT2D eigenvalue weighted by Gasteiger charge is 2.26. The van der Waals surface area contributed by atoms with E-state index in [1.165, 1.54) is 64.2 Å². The largest absolute Gasteiger partial charge is 0.472 e. The molecule has 0 rings (SSSR count). The maximum atomic E-state index is 12.6. The van der Waals surface area contributed by atoms with Crippen LogP contribution in [0.5, 0.6) is 0 Å². The summed E-state index contributed by atoms with van der Waals surface area (Å²) < 4.78 is 32.6. The Balaban J connectivity index is 4.41. The van der Waals surface area contributed by atoms with Crippen LogP contribution < -0.4 is 5.73 Å². The van der Waals surface area contributed by atoms with E-state index < -0.39 is 38.6 Å². The number of unbranched alkanes of at least 4 members (excludes halogenated alkanes) is 12. The van der Waals surface area contributed by atoms with Crippen LogP contribution in [0.25, 0.3) is 0 Å². The number of rotatable bonds is 40. The van der Waals surface area contributed by atoms with Gasteiger partial charge in [-0.2, -0.15) is 0 Å². The van der Waals surface area contributed by atoms with Crippen molar-refractivity contribution in [2.24, 2.45) is 5.73 Å². The molecule has 0 saturated heterocycles. The molecule has 0 radical (unpaired) electrons. The summed E-state index contributed by atoms with van der Waals surface area (Å²) in [6.45, 7) is 3.42. The third kappa shape index (κ3) is 41.3. The zero-order chi connectivity index (χ0) is 42.6. The molecule has 0 saturated carbocycles. The quantitative estimate of drug-likeness (QED) is 0.0179. The van der Waals surface area contributed by atoms with Gasteiger partial charge in [0.1, 0.15) is 6.61 Å². The lowest BCUT2D eigenvalue weighted by molar-refractivity contribution is -0.161. The Hall–Kier alpha value is -2.85. The number of allylic oxidation sites excluding steroid dienone is 13. The van der Waals surface area contributed by atoms with Crippen LogP contribution >= 0.6 is 7.82 Å². The summed E-state index contributed by atoms with van der Waals surface area (Å²) >= 11 is 0. The molecule has 2 unspecified atom stereocenters. The first-order chi connectivity index (χ1) is 28.2. The molecule has 0 bridgehead atoms. The fraction of sp³-hybridized carbons (Fsp3) is 0.660. The zero-order valence-corrected chi connectivity index (χ0v) is 37.0. The van der Waals surface area contributed by atoms with Crippen molar-refractivity contribution in [2.75, 3.05) is 26.4 Å². The number of carbonyl (C=O) groups excluding carboxylic acids is 2. The second-order valence-electron chi connectivity index (χ2n) is 14.4. The first-order valence-electron chi connectivity index (χ1n) is 22.2. The lowest BCUT2D eigenvalue weighted by atomic mass is 10.1. The summed E-state index contributed by atoms with van der Waals surface area (Å²) in [5.41, 5.74) is 5.34. The van der Waals surface area contributed by atoms with Crippen molar-refractivity contribution < 1.29 is 42.7 Å². The lowest BCUT2D eigenvalue weighted by Gasteiger charge is -2.20. The van der Waals surface area contributed by atoms with Crippen LogP contribution in [0, 0.1) is 0 Å². The highest BCUT2D eigenvalue weighted by atomic mass is 31.2. The predicted molar refractivity (Wildman–Crippen MR) is 239 cm³/mol. The number of nitrogens with two attached hydrogens (primary N) is 1. The molecule has 0 aromatic rings. The molecule has 10 nitrogen and oxygen atoms in total. The third-order valence-electron chi connectivity index (χ3n) is 8.86. The fourth-order valence-corrected chi connectivity index (χ4v) is 6.27. The van der Waals surface area contributed by atoms with E-state index in [1.54, 1.807) is 12.2 Å². The second kappa shape index (κ2) is 42.3. The van der Waals surface area contributed by atoms with E-state index in [0.717, 1.165) is 51.4 Å². The van der Waals surface area contributed by atoms with Gasteiger partial charge in [-0.1, -0.05) is 150 Å². The highest BCUT2D eigenvalue weighted by Crippen LogP contribution is 2.43. The monoisotopic (exact) mass is 834 g/mol. The molecule has 0 aliphatic heterocycles. The molecular formula is C47H80NO9P. The van der Waals surface area contributed by atoms with Crippen LogP contribution in [0.2, 0.25) is 0 Å². The van der Waals surface area contributed by atoms with E-state index in [1.807, 2.05) is 12.2 Å². The first kappa shape index (κ1) is 55.2. The molecule has 0 aromatic carbocycles. The maximum Gasteiger partial charge on any atom is 0.472 e. The van der Waals surface area contributed by atoms with Crippen molar-refractivity contribution in [3.8, 4) is 0 Å². The molecule has 332 valence electrons. The molecule has 0 aliphatic rings. The van der Waals surface area contributed by atoms with Gasteiger partial charge in [0, 0.05) is 19.4 Å². The van der Waals surface area contributed by atoms with Gasteiger partial charge in [-0.15, -0.1) is 0 Å². The average molecular weight is 834 g/mol. The highest BCUT2D eigenvalue weighted by molar-refractivity contribution is 7.47. The maximum absolute atomic E-state index is 12.6. The Bertz CT molecular complexity index is 1240. The number of esters is 2. The average Bonchev–Trinajstić information content (AvgIpc) is 3.20. The summed E-state index contributed by atoms with van der Waals surface area (Å²) in [7, 11) is -4.44. The Morgan fingerprint density at radius 1 is 0.603 bits per heavy atom. The molecular weight excluding hydrogens is 753 g/mol. The van der Waals surface area contributed by atoms with Crippen molar-refractivity contribution in [3.63, 3.8) is 0 Å². The van der Waals surface area contributed by atoms with Crippen LogP contribution in [0.3, 0.4) is 0 Å². The number of ether oxygens (including phenoxy) is 2. The number of hydrogen-bond donors (Lipinski definition) is 3. The van der Waals surface area contributed by atoms with E-state index in [2.05, 4.69) is 74.6 Å². The van der Waals surface area contributed by atoms with Gasteiger partial charge in [0.25, 0.3) is 0 Å². The lowest BCUT2D eigenvalue weighted by Crippen LogP contribution is -2.29. The van der Waals surface area contributed by atoms with Crippen molar-refractivity contribution in [2.45, 2.75) is 174 Å². The number of phosphoric ester groups is 1. The first-order valence-corrected chi connectivity index (χ1v) is 23.7. The van der Waals surface area contributed by atoms with Crippen LogP contribution in [0.1, 0.15) is 162 Å². The molecule has 0 fully saturated rings. The van der Waals surface area contributed by atoms with Gasteiger partial charge < -0.3 is 25.2 Å². The number of hydrogen-bond acceptors (Lipinski definition) is 9. The minimum atomic E-state index is -4.44. The van der Waals surface area contributed by atoms with Gasteiger partial charge in [0.15, 0.2) is 6.10 Å². The molecule has 4 N–H and O–H groups in total. The molecule has 3 atom stereocenters. The summed E-state index contributed by atoms with van der Waals surface area (Å²) in [6.07, 6.45) is 49.3. The Labute approximate surface area is 352 Å². The van der Waals surface area contributed by atoms with Crippen LogP contribution in [-0.2, 0) is 32.7 Å². The van der Waals surface area contributed by atoms with Gasteiger partial charge >= 0.3 is 19.8 Å². The van der Waals surface area contributed by atoms with Crippen LogP contribution in [0.15, 0.2) is 85.1 Å². The van der Waals surface area contributed by atoms with Crippen molar-refractivity contribution in [1.82, 2.24) is 0 Å². The predicted octanol–water partition coefficient (Wildman–Crippen LogP) is 11.8. The van der Waals surface area contributed by atoms with E-state index in [-0.39, 0.29) is 32.6 Å². The third-order valence-corrected chi connectivity index (χ3v) is 9.84. The Morgan fingerprint density at radius 2 is 1.10 bits per heavy atom. The van der Waals surface area contributed by atoms with E-state index in [9.17, 15) is 24.2 Å². The molecule has 0 aromatic heterocycles. The van der Waals surface area contributed by atoms with E-state index in [4.69, 9.17) is 24.3 Å². The smallest absolute Gasteiger partial charge is 0.462 e. The molecule has 0 spiro atoms. The normalized spacial score (nSPS) is 14.6. The Morgan fingerprint density at radius 3 is 1.71 bits per heavy atom. The van der Waals surface area contributed by atoms with Crippen molar-refractivity contribution in [1.29, 1.82) is 0 Å². The summed E-state index contributed by atoms with van der Waals surface area (Å²) in [5, 5.41) is 10.2. The Kier molecular flexibility index (Phi) is 40.2. The standard InChI is InChI=1S/C47H80NO9P/c1-3-5-7-9-11-13-15-17-18-19-20-21-22-24-26-28-30-32-34-38-47(51)57-45(43-56-58(52,53)55-41-40-48)42-54-46(50)39-35-37-44(49)36-33-31-29-27-25-23-16-14-12-10-8-6-4-2/h11,13,17-18,20-21,23-26,29,31,33,36,44-45,49H,3-10,12,14-16,19,22,27-28,30,32,34-35,37-43,48H2,1-2H3,(H,52,53)/b13-11-,18-17-,21-20-,25-23+,26-24-,31-29+,36-33+/t44?,45-/m1/s1. The minimum absolute atomic E-state index is 0.0184. The number of aliphatic hydroxyl groups is 1. The zero-order valence-electron chi connectivity index (χ0n) is 36.1. The van der Waals surface area contributed by atoms with Crippen molar-refractivity contribution in [3.05, 3.63) is 85.1 Å². The van der Waals surface area contributed by atoms with Gasteiger partial charge in [-0.3, -0.25) is 18.6 Å². The summed E-state index contributed by atoms with van der Waals surface area (Å²) in [5.74, 6) is -1.07. The summed E-state index contributed by atoms with van der Waals surface area (Å²) in [4.78, 5) is 34.9. The SMILES string of the molecule is CCCCC/C=C\C/C=C\C/C=C\C/C=C\CCCCCC(=O)O[C@H](COC(=O)CCCC(O)/C=C/C=C/C/C=C/CCCCCCCC)COP(=O)(O)OCCN. The van der Waals surface area contributed by atoms with Gasteiger partial charge in [-0.25, -0.2) is 4.57 Å². The molecule has 0 heterocycles. The molecule has 0 amide bonds. The van der Waals surface area contributed by atoms with Gasteiger partial charge in [-0.05, 0) is 83.5 Å². The number of carbonyl (C=O) groups is 2. The fourth-order valence-electron chi connectivity index (χ4n) is 5.51. The van der Waals surface area contributed by atoms with Crippen LogP contribution in [0.4, 0.5) is 0 Å². The number of aliphatic hydroxyl groups excluding tert-OH is 1. The summed E-state index contributed by atoms with van der Waals surface area (Å²) in [6, 6.07) is 0. The van der Waals surface area contributed by atoms with Gasteiger partial charge in [0.05, 0.1) is 19.3 Å². The molecule has 0 aliphatic carbocycles. The second-order valence-corrected chi connectivity index (χ2v) is 15.9. The van der Waals surface area contributed by atoms with E-state index >= 15 is 0 Å². The van der Waals surface area contributed by atoms with Crippen LogP contribution in [-0.4, -0.2) is 60.5 Å². The van der Waals surface area contributed by atoms with Gasteiger partial charge in [0.2, 0.25) is 0 Å².